The molecule has 0 radical (unpaired) electrons. The van der Waals surface area contributed by atoms with E-state index in [1.54, 1.807) is 10.8 Å². The summed E-state index contributed by atoms with van der Waals surface area (Å²) in [6, 6.07) is 9.84. The van der Waals surface area contributed by atoms with Crippen molar-refractivity contribution in [2.45, 2.75) is 5.16 Å². The minimum absolute atomic E-state index is 0.497. The molecule has 0 fully saturated rings. The van der Waals surface area contributed by atoms with Gasteiger partial charge in [0, 0.05) is 12.1 Å². The molecule has 2 N–H and O–H groups in total. The summed E-state index contributed by atoms with van der Waals surface area (Å²) in [5.74, 6) is 0.720. The third kappa shape index (κ3) is 3.37. The first-order chi connectivity index (χ1) is 9.76. The van der Waals surface area contributed by atoms with Gasteiger partial charge in [0.1, 0.15) is 0 Å². The number of hydrogen-bond donors (Lipinski definition) is 2. The molecule has 2 aromatic rings. The van der Waals surface area contributed by atoms with Crippen molar-refractivity contribution in [3.63, 3.8) is 0 Å². The second-order valence-corrected chi connectivity index (χ2v) is 5.00. The molecule has 0 atom stereocenters. The Morgan fingerprint density at radius 2 is 2.15 bits per heavy atom. The Kier molecular flexibility index (Phi) is 5.14. The number of hydrogen-bond acceptors (Lipinski definition) is 4. The second-order valence-electron chi connectivity index (χ2n) is 3.82. The maximum Gasteiger partial charge on any atom is 0.210 e. The van der Waals surface area contributed by atoms with Crippen LogP contribution in [0.25, 0.3) is 11.4 Å². The van der Waals surface area contributed by atoms with Crippen LogP contribution < -0.4 is 10.7 Å². The fraction of sp³-hybridized carbons (Fsp3) is 0.154. The third-order valence-electron chi connectivity index (χ3n) is 2.47. The fourth-order valence-corrected chi connectivity index (χ4v) is 2.19. The molecule has 1 heterocycles. The molecule has 0 bridgehead atoms. The average molecular weight is 305 g/mol. The van der Waals surface area contributed by atoms with Gasteiger partial charge in [-0.3, -0.25) is 5.43 Å². The highest BCUT2D eigenvalue weighted by Crippen LogP contribution is 2.20. The SMILES string of the molecule is C=CCNC(=S)Nn1c(SC)nnc1-c1ccccc1. The summed E-state index contributed by atoms with van der Waals surface area (Å²) in [6.07, 6.45) is 3.69. The van der Waals surface area contributed by atoms with E-state index < -0.39 is 0 Å². The molecule has 1 aromatic heterocycles. The van der Waals surface area contributed by atoms with E-state index in [2.05, 4.69) is 27.5 Å². The number of nitrogens with one attached hydrogen (secondary N) is 2. The number of benzene rings is 1. The predicted octanol–water partition coefficient (Wildman–Crippen LogP) is 2.27. The highest BCUT2D eigenvalue weighted by molar-refractivity contribution is 7.98. The van der Waals surface area contributed by atoms with Gasteiger partial charge in [0.2, 0.25) is 5.16 Å². The quantitative estimate of drug-likeness (QED) is 0.502. The zero-order valence-electron chi connectivity index (χ0n) is 11.0. The Bertz CT molecular complexity index is 594. The van der Waals surface area contributed by atoms with Crippen molar-refractivity contribution in [1.29, 1.82) is 0 Å². The molecule has 20 heavy (non-hydrogen) atoms. The summed E-state index contributed by atoms with van der Waals surface area (Å²) < 4.78 is 1.78. The van der Waals surface area contributed by atoms with Gasteiger partial charge < -0.3 is 5.32 Å². The van der Waals surface area contributed by atoms with E-state index in [4.69, 9.17) is 12.2 Å². The van der Waals surface area contributed by atoms with E-state index in [0.717, 1.165) is 16.5 Å². The van der Waals surface area contributed by atoms with Crippen LogP contribution in [-0.2, 0) is 0 Å². The lowest BCUT2D eigenvalue weighted by atomic mass is 10.2. The van der Waals surface area contributed by atoms with Crippen molar-refractivity contribution in [3.05, 3.63) is 43.0 Å². The van der Waals surface area contributed by atoms with Crippen LogP contribution in [0.3, 0.4) is 0 Å². The topological polar surface area (TPSA) is 54.8 Å². The summed E-state index contributed by atoms with van der Waals surface area (Å²) in [5, 5.41) is 12.6. The van der Waals surface area contributed by atoms with E-state index in [1.807, 2.05) is 36.6 Å². The molecule has 0 aliphatic rings. The van der Waals surface area contributed by atoms with Crippen LogP contribution in [0.5, 0.6) is 0 Å². The van der Waals surface area contributed by atoms with Gasteiger partial charge in [0.05, 0.1) is 0 Å². The van der Waals surface area contributed by atoms with Crippen molar-refractivity contribution in [2.24, 2.45) is 0 Å². The van der Waals surface area contributed by atoms with E-state index in [-0.39, 0.29) is 0 Å². The van der Waals surface area contributed by atoms with Crippen LogP contribution in [-0.4, -0.2) is 32.8 Å². The van der Waals surface area contributed by atoms with Gasteiger partial charge in [0.15, 0.2) is 10.9 Å². The molecule has 1 aromatic carbocycles. The second kappa shape index (κ2) is 7.06. The minimum Gasteiger partial charge on any atom is -0.358 e. The fourth-order valence-electron chi connectivity index (χ4n) is 1.58. The van der Waals surface area contributed by atoms with Crippen LogP contribution >= 0.6 is 24.0 Å². The van der Waals surface area contributed by atoms with E-state index >= 15 is 0 Å². The lowest BCUT2D eigenvalue weighted by Crippen LogP contribution is -2.34. The first-order valence-electron chi connectivity index (χ1n) is 5.97. The highest BCUT2D eigenvalue weighted by Gasteiger charge is 2.13. The van der Waals surface area contributed by atoms with Crippen LogP contribution in [0.4, 0.5) is 0 Å². The summed E-state index contributed by atoms with van der Waals surface area (Å²) in [4.78, 5) is 0. The average Bonchev–Trinajstić information content (AvgIpc) is 2.88. The Labute approximate surface area is 127 Å². The molecule has 0 aliphatic heterocycles. The summed E-state index contributed by atoms with van der Waals surface area (Å²) in [7, 11) is 0. The van der Waals surface area contributed by atoms with E-state index in [9.17, 15) is 0 Å². The molecule has 0 aliphatic carbocycles. The zero-order chi connectivity index (χ0) is 14.4. The first kappa shape index (κ1) is 14.5. The molecule has 0 unspecified atom stereocenters. The molecule has 5 nitrogen and oxygen atoms in total. The zero-order valence-corrected chi connectivity index (χ0v) is 12.7. The first-order valence-corrected chi connectivity index (χ1v) is 7.60. The van der Waals surface area contributed by atoms with Crippen LogP contribution in [0, 0.1) is 0 Å². The van der Waals surface area contributed by atoms with Gasteiger partial charge in [-0.1, -0.05) is 48.2 Å². The van der Waals surface area contributed by atoms with Crippen LogP contribution in [0.2, 0.25) is 0 Å². The van der Waals surface area contributed by atoms with Crippen molar-refractivity contribution < 1.29 is 0 Å². The van der Waals surface area contributed by atoms with Gasteiger partial charge >= 0.3 is 0 Å². The summed E-state index contributed by atoms with van der Waals surface area (Å²) >= 11 is 6.72. The Morgan fingerprint density at radius 1 is 1.40 bits per heavy atom. The molecule has 0 saturated heterocycles. The van der Waals surface area contributed by atoms with Crippen molar-refractivity contribution in [3.8, 4) is 11.4 Å². The highest BCUT2D eigenvalue weighted by atomic mass is 32.2. The van der Waals surface area contributed by atoms with Gasteiger partial charge in [-0.15, -0.1) is 16.8 Å². The number of thioether (sulfide) groups is 1. The van der Waals surface area contributed by atoms with Gasteiger partial charge in [-0.2, -0.15) is 0 Å². The normalized spacial score (nSPS) is 10.1. The molecule has 0 saturated carbocycles. The summed E-state index contributed by atoms with van der Waals surface area (Å²) in [5.41, 5.74) is 4.06. The maximum absolute atomic E-state index is 5.23. The molecule has 0 amide bonds. The van der Waals surface area contributed by atoms with Crippen LogP contribution in [0.1, 0.15) is 0 Å². The number of thiocarbonyl (C=S) groups is 1. The largest absolute Gasteiger partial charge is 0.358 e. The Balaban J connectivity index is 2.28. The molecule has 2 rings (SSSR count). The number of rotatable bonds is 5. The van der Waals surface area contributed by atoms with E-state index in [0.29, 0.717) is 11.7 Å². The van der Waals surface area contributed by atoms with Gasteiger partial charge in [-0.05, 0) is 18.5 Å². The molecule has 7 heteroatoms. The van der Waals surface area contributed by atoms with Crippen molar-refractivity contribution in [1.82, 2.24) is 20.2 Å². The van der Waals surface area contributed by atoms with Gasteiger partial charge in [-0.25, -0.2) is 4.68 Å². The van der Waals surface area contributed by atoms with E-state index in [1.165, 1.54) is 11.8 Å². The molecule has 0 spiro atoms. The molecular formula is C13H15N5S2. The van der Waals surface area contributed by atoms with Crippen molar-refractivity contribution >= 4 is 29.1 Å². The molecule has 104 valence electrons. The monoisotopic (exact) mass is 305 g/mol. The van der Waals surface area contributed by atoms with Crippen LogP contribution in [0.15, 0.2) is 48.1 Å². The smallest absolute Gasteiger partial charge is 0.210 e. The Hall–Kier alpha value is -1.86. The van der Waals surface area contributed by atoms with Crippen molar-refractivity contribution in [2.75, 3.05) is 18.2 Å². The lowest BCUT2D eigenvalue weighted by Gasteiger charge is -2.13. The standard InChI is InChI=1S/C13H15N5S2/c1-3-9-14-12(19)17-18-11(15-16-13(18)20-2)10-7-5-4-6-8-10/h3-8H,1,9H2,2H3,(H2,14,17,19). The number of nitrogens with zero attached hydrogens (tertiary/aromatic N) is 3. The maximum atomic E-state index is 5.23. The number of aromatic nitrogens is 3. The van der Waals surface area contributed by atoms with Gasteiger partial charge in [0.25, 0.3) is 0 Å². The third-order valence-corrected chi connectivity index (χ3v) is 3.33. The summed E-state index contributed by atoms with van der Waals surface area (Å²) in [6.45, 7) is 4.24. The molecular weight excluding hydrogens is 290 g/mol. The Morgan fingerprint density at radius 3 is 2.80 bits per heavy atom. The lowest BCUT2D eigenvalue weighted by molar-refractivity contribution is 0.828. The minimum atomic E-state index is 0.497. The predicted molar refractivity (Wildman–Crippen MR) is 87.4 cm³/mol.